The normalized spacial score (nSPS) is 10.8. The van der Waals surface area contributed by atoms with E-state index >= 15 is 0 Å². The number of aromatic hydroxyl groups is 2. The van der Waals surface area contributed by atoms with E-state index in [1.807, 2.05) is 19.1 Å². The van der Waals surface area contributed by atoms with Crippen LogP contribution in [0.3, 0.4) is 0 Å². The smallest absolute Gasteiger partial charge is 0.257 e. The van der Waals surface area contributed by atoms with E-state index in [9.17, 15) is 15.0 Å². The summed E-state index contributed by atoms with van der Waals surface area (Å²) in [6.45, 7) is 2.53. The standard InChI is InChI=1S/C20H20ClN3O3/c1-3-10-23(2)20(27)14-11-13(18(25)12-19(14)26)16-8-9-22-24(16)17-7-5-4-6-15(17)21/h4-9,11-12,25-26H,3,10H2,1-2H3. The van der Waals surface area contributed by atoms with Crippen LogP contribution in [0.15, 0.2) is 48.7 Å². The first-order valence-electron chi connectivity index (χ1n) is 8.54. The second-order valence-corrected chi connectivity index (χ2v) is 6.60. The van der Waals surface area contributed by atoms with Crippen molar-refractivity contribution in [1.29, 1.82) is 0 Å². The van der Waals surface area contributed by atoms with Crippen molar-refractivity contribution < 1.29 is 15.0 Å². The summed E-state index contributed by atoms with van der Waals surface area (Å²) in [5, 5.41) is 25.4. The van der Waals surface area contributed by atoms with Gasteiger partial charge in [-0.15, -0.1) is 0 Å². The molecule has 3 aromatic rings. The first-order valence-corrected chi connectivity index (χ1v) is 8.92. The van der Waals surface area contributed by atoms with Gasteiger partial charge in [0, 0.05) is 25.2 Å². The molecule has 1 heterocycles. The first-order chi connectivity index (χ1) is 12.9. The Bertz CT molecular complexity index is 984. The average Bonchev–Trinajstić information content (AvgIpc) is 3.11. The van der Waals surface area contributed by atoms with Crippen molar-refractivity contribution in [2.24, 2.45) is 0 Å². The Hall–Kier alpha value is -2.99. The maximum absolute atomic E-state index is 12.6. The molecule has 6 nitrogen and oxygen atoms in total. The predicted molar refractivity (Wildman–Crippen MR) is 105 cm³/mol. The summed E-state index contributed by atoms with van der Waals surface area (Å²) >= 11 is 6.27. The molecular formula is C20H20ClN3O3. The van der Waals surface area contributed by atoms with Crippen LogP contribution in [0.25, 0.3) is 16.9 Å². The van der Waals surface area contributed by atoms with Gasteiger partial charge in [-0.2, -0.15) is 5.10 Å². The lowest BCUT2D eigenvalue weighted by Gasteiger charge is -2.18. The van der Waals surface area contributed by atoms with Crippen LogP contribution < -0.4 is 0 Å². The highest BCUT2D eigenvalue weighted by Crippen LogP contribution is 2.37. The molecule has 2 aromatic carbocycles. The van der Waals surface area contributed by atoms with Crippen LogP contribution in [0.5, 0.6) is 11.5 Å². The summed E-state index contributed by atoms with van der Waals surface area (Å²) in [6, 6.07) is 11.5. The fraction of sp³-hybridized carbons (Fsp3) is 0.200. The molecule has 0 spiro atoms. The summed E-state index contributed by atoms with van der Waals surface area (Å²) < 4.78 is 1.58. The van der Waals surface area contributed by atoms with E-state index in [1.54, 1.807) is 36.1 Å². The van der Waals surface area contributed by atoms with Crippen LogP contribution in [-0.4, -0.2) is 44.4 Å². The monoisotopic (exact) mass is 385 g/mol. The maximum atomic E-state index is 12.6. The van der Waals surface area contributed by atoms with Crippen LogP contribution in [-0.2, 0) is 0 Å². The van der Waals surface area contributed by atoms with E-state index in [0.29, 0.717) is 28.5 Å². The Labute approximate surface area is 162 Å². The van der Waals surface area contributed by atoms with E-state index in [2.05, 4.69) is 5.10 Å². The Morgan fingerprint density at radius 3 is 2.63 bits per heavy atom. The van der Waals surface area contributed by atoms with Crippen molar-refractivity contribution >= 4 is 17.5 Å². The Kier molecular flexibility index (Phi) is 5.37. The summed E-state index contributed by atoms with van der Waals surface area (Å²) in [4.78, 5) is 14.2. The van der Waals surface area contributed by atoms with Crippen molar-refractivity contribution in [3.63, 3.8) is 0 Å². The molecule has 1 amide bonds. The summed E-state index contributed by atoms with van der Waals surface area (Å²) in [5.74, 6) is -0.747. The number of para-hydroxylation sites is 1. The third-order valence-corrected chi connectivity index (χ3v) is 4.57. The topological polar surface area (TPSA) is 78.6 Å². The minimum Gasteiger partial charge on any atom is -0.507 e. The number of hydrogen-bond donors (Lipinski definition) is 2. The summed E-state index contributed by atoms with van der Waals surface area (Å²) in [7, 11) is 1.67. The highest BCUT2D eigenvalue weighted by Gasteiger charge is 2.21. The van der Waals surface area contributed by atoms with Crippen LogP contribution >= 0.6 is 11.6 Å². The lowest BCUT2D eigenvalue weighted by atomic mass is 10.0. The molecule has 27 heavy (non-hydrogen) atoms. The number of amides is 1. The zero-order valence-electron chi connectivity index (χ0n) is 15.1. The van der Waals surface area contributed by atoms with Crippen molar-refractivity contribution in [3.05, 3.63) is 59.2 Å². The van der Waals surface area contributed by atoms with Gasteiger partial charge < -0.3 is 15.1 Å². The van der Waals surface area contributed by atoms with Gasteiger partial charge >= 0.3 is 0 Å². The van der Waals surface area contributed by atoms with Crippen molar-refractivity contribution in [2.75, 3.05) is 13.6 Å². The molecule has 0 bridgehead atoms. The van der Waals surface area contributed by atoms with E-state index < -0.39 is 0 Å². The second kappa shape index (κ2) is 7.72. The fourth-order valence-electron chi connectivity index (χ4n) is 2.92. The first kappa shape index (κ1) is 18.8. The Morgan fingerprint density at radius 1 is 1.19 bits per heavy atom. The number of benzene rings is 2. The Balaban J connectivity index is 2.12. The second-order valence-electron chi connectivity index (χ2n) is 6.19. The Morgan fingerprint density at radius 2 is 1.93 bits per heavy atom. The molecule has 0 atom stereocenters. The molecule has 2 N–H and O–H groups in total. The molecule has 0 radical (unpaired) electrons. The van der Waals surface area contributed by atoms with Gasteiger partial charge in [-0.3, -0.25) is 4.79 Å². The van der Waals surface area contributed by atoms with Crippen LogP contribution in [0, 0.1) is 0 Å². The molecule has 7 heteroatoms. The van der Waals surface area contributed by atoms with Gasteiger partial charge in [0.25, 0.3) is 5.91 Å². The molecule has 0 aliphatic heterocycles. The van der Waals surface area contributed by atoms with E-state index in [4.69, 9.17) is 11.6 Å². The zero-order chi connectivity index (χ0) is 19.6. The third kappa shape index (κ3) is 3.61. The highest BCUT2D eigenvalue weighted by atomic mass is 35.5. The van der Waals surface area contributed by atoms with E-state index in [0.717, 1.165) is 6.42 Å². The maximum Gasteiger partial charge on any atom is 0.257 e. The van der Waals surface area contributed by atoms with E-state index in [-0.39, 0.29) is 23.0 Å². The van der Waals surface area contributed by atoms with Gasteiger partial charge in [-0.1, -0.05) is 30.7 Å². The SMILES string of the molecule is CCCN(C)C(=O)c1cc(-c2ccnn2-c2ccccc2Cl)c(O)cc1O. The third-order valence-electron chi connectivity index (χ3n) is 4.25. The van der Waals surface area contributed by atoms with Crippen molar-refractivity contribution in [1.82, 2.24) is 14.7 Å². The number of halogens is 1. The zero-order valence-corrected chi connectivity index (χ0v) is 15.8. The number of rotatable bonds is 5. The molecule has 0 fully saturated rings. The van der Waals surface area contributed by atoms with Crippen molar-refractivity contribution in [3.8, 4) is 28.4 Å². The average molecular weight is 386 g/mol. The van der Waals surface area contributed by atoms with Crippen molar-refractivity contribution in [2.45, 2.75) is 13.3 Å². The lowest BCUT2D eigenvalue weighted by Crippen LogP contribution is -2.27. The van der Waals surface area contributed by atoms with Gasteiger partial charge in [0.05, 0.1) is 28.2 Å². The molecule has 1 aromatic heterocycles. The number of aromatic nitrogens is 2. The predicted octanol–water partition coefficient (Wildman–Crippen LogP) is 4.09. The van der Waals surface area contributed by atoms with Crippen LogP contribution in [0.4, 0.5) is 0 Å². The number of phenolic OH excluding ortho intramolecular Hbond substituents is 2. The molecule has 0 saturated heterocycles. The van der Waals surface area contributed by atoms with Gasteiger partial charge in [0.1, 0.15) is 11.5 Å². The number of nitrogens with zero attached hydrogens (tertiary/aromatic N) is 3. The number of carbonyl (C=O) groups excluding carboxylic acids is 1. The lowest BCUT2D eigenvalue weighted by molar-refractivity contribution is 0.0792. The largest absolute Gasteiger partial charge is 0.507 e. The summed E-state index contributed by atoms with van der Waals surface area (Å²) in [5.41, 5.74) is 1.68. The number of hydrogen-bond acceptors (Lipinski definition) is 4. The fourth-order valence-corrected chi connectivity index (χ4v) is 3.13. The van der Waals surface area contributed by atoms with Crippen LogP contribution in [0.2, 0.25) is 5.02 Å². The molecule has 0 saturated carbocycles. The van der Waals surface area contributed by atoms with Crippen LogP contribution in [0.1, 0.15) is 23.7 Å². The summed E-state index contributed by atoms with van der Waals surface area (Å²) in [6.07, 6.45) is 2.38. The highest BCUT2D eigenvalue weighted by molar-refractivity contribution is 6.32. The molecule has 140 valence electrons. The molecule has 0 unspecified atom stereocenters. The number of phenols is 2. The number of carbonyl (C=O) groups is 1. The van der Waals surface area contributed by atoms with Gasteiger partial charge in [0.2, 0.25) is 0 Å². The van der Waals surface area contributed by atoms with Gasteiger partial charge in [-0.25, -0.2) is 4.68 Å². The van der Waals surface area contributed by atoms with Gasteiger partial charge in [0.15, 0.2) is 0 Å². The minimum atomic E-state index is -0.320. The molecule has 0 aliphatic carbocycles. The molecule has 3 rings (SSSR count). The minimum absolute atomic E-state index is 0.116. The van der Waals surface area contributed by atoms with E-state index in [1.165, 1.54) is 17.0 Å². The molecule has 0 aliphatic rings. The quantitative estimate of drug-likeness (QED) is 0.693. The van der Waals surface area contributed by atoms with Gasteiger partial charge in [-0.05, 0) is 30.7 Å². The molecular weight excluding hydrogens is 366 g/mol.